The van der Waals surface area contributed by atoms with Crippen LogP contribution in [-0.4, -0.2) is 16.9 Å². The molecule has 1 unspecified atom stereocenters. The van der Waals surface area contributed by atoms with E-state index in [1.165, 1.54) is 0 Å². The van der Waals surface area contributed by atoms with E-state index in [1.807, 2.05) is 0 Å². The average Bonchev–Trinajstić information content (AvgIpc) is 1.94. The summed E-state index contributed by atoms with van der Waals surface area (Å²) in [5, 5.41) is 8.61. The lowest BCUT2D eigenvalue weighted by atomic mass is 9.84. The van der Waals surface area contributed by atoms with Gasteiger partial charge < -0.3 is 5.11 Å². The van der Waals surface area contributed by atoms with Gasteiger partial charge in [0.15, 0.2) is 5.78 Å². The summed E-state index contributed by atoms with van der Waals surface area (Å²) in [5.41, 5.74) is 0.267. The molecule has 0 aromatic heterocycles. The molecule has 3 heteroatoms. The molecule has 0 saturated heterocycles. The highest BCUT2D eigenvalue weighted by atomic mass is 16.4. The summed E-state index contributed by atoms with van der Waals surface area (Å²) in [6.07, 6.45) is 1.69. The molecule has 1 fully saturated rings. The predicted octanol–water partition coefficient (Wildman–Crippen LogP) is 0.996. The van der Waals surface area contributed by atoms with Crippen molar-refractivity contribution >= 4 is 11.8 Å². The van der Waals surface area contributed by atoms with Crippen LogP contribution in [-0.2, 0) is 9.59 Å². The first-order valence-electron chi connectivity index (χ1n) is 3.57. The van der Waals surface area contributed by atoms with Crippen molar-refractivity contribution in [3.63, 3.8) is 0 Å². The van der Waals surface area contributed by atoms with E-state index in [0.29, 0.717) is 19.3 Å². The molecule has 1 atom stereocenters. The van der Waals surface area contributed by atoms with E-state index in [4.69, 9.17) is 5.11 Å². The maximum Gasteiger partial charge on any atom is 0.311 e. The lowest BCUT2D eigenvalue weighted by molar-refractivity contribution is -0.142. The third-order valence-corrected chi connectivity index (χ3v) is 1.97. The molecule has 3 nitrogen and oxygen atoms in total. The second-order valence-electron chi connectivity index (χ2n) is 2.73. The van der Waals surface area contributed by atoms with E-state index in [-0.39, 0.29) is 11.4 Å². The molecular formula is C8H10O3. The first kappa shape index (κ1) is 7.98. The van der Waals surface area contributed by atoms with Crippen molar-refractivity contribution in [1.82, 2.24) is 0 Å². The maximum atomic E-state index is 10.9. The molecule has 1 saturated carbocycles. The van der Waals surface area contributed by atoms with Gasteiger partial charge in [0.25, 0.3) is 0 Å². The molecule has 0 aromatic rings. The number of carbonyl (C=O) groups excluding carboxylic acids is 1. The molecule has 0 spiro atoms. The second-order valence-corrected chi connectivity index (χ2v) is 2.73. The number of Topliss-reactive ketones (excluding diaryl/α,β-unsaturated/α-hetero) is 1. The summed E-state index contributed by atoms with van der Waals surface area (Å²) < 4.78 is 0. The van der Waals surface area contributed by atoms with Gasteiger partial charge in [-0.25, -0.2) is 0 Å². The normalized spacial score (nSPS) is 25.3. The van der Waals surface area contributed by atoms with Crippen LogP contribution in [0.4, 0.5) is 0 Å². The van der Waals surface area contributed by atoms with Crippen molar-refractivity contribution in [1.29, 1.82) is 0 Å². The van der Waals surface area contributed by atoms with Gasteiger partial charge in [0, 0.05) is 12.0 Å². The third kappa shape index (κ3) is 1.48. The van der Waals surface area contributed by atoms with Gasteiger partial charge in [-0.15, -0.1) is 0 Å². The number of carboxylic acid groups (broad SMARTS) is 1. The molecule has 0 aromatic carbocycles. The van der Waals surface area contributed by atoms with Crippen LogP contribution in [0.25, 0.3) is 0 Å². The fraction of sp³-hybridized carbons (Fsp3) is 0.500. The van der Waals surface area contributed by atoms with Crippen molar-refractivity contribution in [2.24, 2.45) is 5.92 Å². The van der Waals surface area contributed by atoms with Crippen molar-refractivity contribution in [2.75, 3.05) is 0 Å². The molecule has 0 amide bonds. The van der Waals surface area contributed by atoms with Gasteiger partial charge in [-0.3, -0.25) is 9.59 Å². The number of hydrogen-bond donors (Lipinski definition) is 1. The Morgan fingerprint density at radius 1 is 1.64 bits per heavy atom. The van der Waals surface area contributed by atoms with Crippen molar-refractivity contribution in [2.45, 2.75) is 19.3 Å². The van der Waals surface area contributed by atoms with Gasteiger partial charge in [0.2, 0.25) is 0 Å². The topological polar surface area (TPSA) is 54.4 Å². The van der Waals surface area contributed by atoms with E-state index in [1.54, 1.807) is 0 Å². The maximum absolute atomic E-state index is 10.9. The zero-order valence-corrected chi connectivity index (χ0v) is 6.17. The summed E-state index contributed by atoms with van der Waals surface area (Å²) in [6.45, 7) is 3.47. The van der Waals surface area contributed by atoms with Crippen LogP contribution in [0.2, 0.25) is 0 Å². The summed E-state index contributed by atoms with van der Waals surface area (Å²) in [7, 11) is 0. The van der Waals surface area contributed by atoms with Gasteiger partial charge >= 0.3 is 5.97 Å². The van der Waals surface area contributed by atoms with Crippen LogP contribution >= 0.6 is 0 Å². The average molecular weight is 154 g/mol. The van der Waals surface area contributed by atoms with Gasteiger partial charge in [-0.1, -0.05) is 6.58 Å². The summed E-state index contributed by atoms with van der Waals surface area (Å²) in [4.78, 5) is 21.4. The Bertz CT molecular complexity index is 217. The Morgan fingerprint density at radius 3 is 2.73 bits per heavy atom. The molecule has 11 heavy (non-hydrogen) atoms. The van der Waals surface area contributed by atoms with E-state index in [9.17, 15) is 9.59 Å². The molecule has 1 rings (SSSR count). The number of carboxylic acids is 1. The van der Waals surface area contributed by atoms with Crippen LogP contribution in [0.3, 0.4) is 0 Å². The highest BCUT2D eigenvalue weighted by Gasteiger charge is 2.28. The largest absolute Gasteiger partial charge is 0.481 e. The summed E-state index contributed by atoms with van der Waals surface area (Å²) >= 11 is 0. The number of rotatable bonds is 1. The third-order valence-electron chi connectivity index (χ3n) is 1.97. The lowest BCUT2D eigenvalue weighted by Crippen LogP contribution is -2.24. The molecular weight excluding hydrogens is 144 g/mol. The Hall–Kier alpha value is -1.12. The SMILES string of the molecule is C=C1C(=O)CCCC1C(=O)O. The zero-order valence-electron chi connectivity index (χ0n) is 6.17. The van der Waals surface area contributed by atoms with E-state index in [0.717, 1.165) is 0 Å². The summed E-state index contributed by atoms with van der Waals surface area (Å²) in [5.74, 6) is -1.65. The van der Waals surface area contributed by atoms with Gasteiger partial charge in [0.05, 0.1) is 5.92 Å². The first-order chi connectivity index (χ1) is 5.13. The highest BCUT2D eigenvalue weighted by molar-refractivity contribution is 6.00. The van der Waals surface area contributed by atoms with Crippen molar-refractivity contribution < 1.29 is 14.7 Å². The van der Waals surface area contributed by atoms with E-state index in [2.05, 4.69) is 6.58 Å². The number of hydrogen-bond acceptors (Lipinski definition) is 2. The molecule has 1 aliphatic rings. The lowest BCUT2D eigenvalue weighted by Gasteiger charge is -2.18. The minimum Gasteiger partial charge on any atom is -0.481 e. The smallest absolute Gasteiger partial charge is 0.311 e. The van der Waals surface area contributed by atoms with Gasteiger partial charge in [0.1, 0.15) is 0 Å². The molecule has 1 aliphatic carbocycles. The monoisotopic (exact) mass is 154 g/mol. The Labute approximate surface area is 64.7 Å². The fourth-order valence-corrected chi connectivity index (χ4v) is 1.27. The van der Waals surface area contributed by atoms with Crippen molar-refractivity contribution in [3.05, 3.63) is 12.2 Å². The van der Waals surface area contributed by atoms with Gasteiger partial charge in [-0.05, 0) is 12.8 Å². The van der Waals surface area contributed by atoms with E-state index >= 15 is 0 Å². The number of aliphatic carboxylic acids is 1. The standard InChI is InChI=1S/C8H10O3/c1-5-6(8(10)11)3-2-4-7(5)9/h6H,1-4H2,(H,10,11). The Kier molecular flexibility index (Phi) is 2.08. The minimum atomic E-state index is -0.928. The second kappa shape index (κ2) is 2.86. The Morgan fingerprint density at radius 2 is 2.27 bits per heavy atom. The highest BCUT2D eigenvalue weighted by Crippen LogP contribution is 2.25. The number of carbonyl (C=O) groups is 2. The zero-order chi connectivity index (χ0) is 8.43. The first-order valence-corrected chi connectivity index (χ1v) is 3.57. The number of ketones is 1. The quantitative estimate of drug-likeness (QED) is 0.573. The summed E-state index contributed by atoms with van der Waals surface area (Å²) in [6, 6.07) is 0. The molecule has 60 valence electrons. The van der Waals surface area contributed by atoms with Crippen LogP contribution in [0.5, 0.6) is 0 Å². The van der Waals surface area contributed by atoms with Crippen LogP contribution < -0.4 is 0 Å². The van der Waals surface area contributed by atoms with Crippen LogP contribution in [0.15, 0.2) is 12.2 Å². The molecule has 0 bridgehead atoms. The molecule has 1 N–H and O–H groups in total. The van der Waals surface area contributed by atoms with Crippen LogP contribution in [0, 0.1) is 5.92 Å². The molecule has 0 radical (unpaired) electrons. The van der Waals surface area contributed by atoms with Crippen molar-refractivity contribution in [3.8, 4) is 0 Å². The Balaban J connectivity index is 2.74. The molecule has 0 heterocycles. The molecule has 0 aliphatic heterocycles. The van der Waals surface area contributed by atoms with Gasteiger partial charge in [-0.2, -0.15) is 0 Å². The van der Waals surface area contributed by atoms with E-state index < -0.39 is 11.9 Å². The predicted molar refractivity (Wildman–Crippen MR) is 39.1 cm³/mol. The van der Waals surface area contributed by atoms with Crippen LogP contribution in [0.1, 0.15) is 19.3 Å². The minimum absolute atomic E-state index is 0.0938. The fourth-order valence-electron chi connectivity index (χ4n) is 1.27.